The fourth-order valence-electron chi connectivity index (χ4n) is 3.28. The van der Waals surface area contributed by atoms with E-state index in [0.29, 0.717) is 12.0 Å². The van der Waals surface area contributed by atoms with E-state index in [1.54, 1.807) is 13.0 Å². The molecule has 4 nitrogen and oxygen atoms in total. The summed E-state index contributed by atoms with van der Waals surface area (Å²) in [5, 5.41) is 8.66. The third kappa shape index (κ3) is 8.66. The van der Waals surface area contributed by atoms with Crippen LogP contribution in [0, 0.1) is 5.41 Å². The van der Waals surface area contributed by atoms with Crippen molar-refractivity contribution in [1.29, 1.82) is 0 Å². The quantitative estimate of drug-likeness (QED) is 0.264. The number of allylic oxidation sites excluding steroid dienone is 9. The fraction of sp³-hybridized carbons (Fsp3) is 0.500. The molecule has 0 aromatic rings. The highest BCUT2D eigenvalue weighted by molar-refractivity contribution is 5.92. The van der Waals surface area contributed by atoms with Crippen LogP contribution in [-0.2, 0) is 14.3 Å². The van der Waals surface area contributed by atoms with Crippen molar-refractivity contribution in [1.82, 2.24) is 0 Å². The monoisotopic (exact) mass is 386 g/mol. The zero-order chi connectivity index (χ0) is 21.2. The van der Waals surface area contributed by atoms with Crippen LogP contribution in [0.2, 0.25) is 0 Å². The molecule has 0 aromatic heterocycles. The smallest absolute Gasteiger partial charge is 0.338 e. The Morgan fingerprint density at radius 2 is 1.89 bits per heavy atom. The Morgan fingerprint density at radius 3 is 2.54 bits per heavy atom. The van der Waals surface area contributed by atoms with Gasteiger partial charge < -0.3 is 9.84 Å². The van der Waals surface area contributed by atoms with Crippen LogP contribution in [0.3, 0.4) is 0 Å². The minimum atomic E-state index is -0.687. The van der Waals surface area contributed by atoms with Crippen LogP contribution in [0.5, 0.6) is 0 Å². The van der Waals surface area contributed by atoms with E-state index in [0.717, 1.165) is 5.57 Å². The van der Waals surface area contributed by atoms with Crippen LogP contribution in [-0.4, -0.2) is 23.7 Å². The molecule has 0 heterocycles. The summed E-state index contributed by atoms with van der Waals surface area (Å²) in [6.45, 7) is 10.5. The second kappa shape index (κ2) is 11.6. The Hall–Kier alpha value is -2.20. The third-order valence-electron chi connectivity index (χ3n) is 4.87. The molecular weight excluding hydrogens is 352 g/mol. The zero-order valence-corrected chi connectivity index (χ0v) is 17.9. The van der Waals surface area contributed by atoms with Gasteiger partial charge in [-0.15, -0.1) is 0 Å². The van der Waals surface area contributed by atoms with E-state index in [-0.39, 0.29) is 18.4 Å². The maximum atomic E-state index is 11.6. The number of carbonyl (C=O) groups excluding carboxylic acids is 2. The van der Waals surface area contributed by atoms with Crippen molar-refractivity contribution in [3.63, 3.8) is 0 Å². The maximum absolute atomic E-state index is 11.6. The van der Waals surface area contributed by atoms with E-state index in [9.17, 15) is 9.59 Å². The Morgan fingerprint density at radius 1 is 1.18 bits per heavy atom. The molecule has 1 aliphatic rings. The first-order valence-electron chi connectivity index (χ1n) is 9.93. The van der Waals surface area contributed by atoms with Gasteiger partial charge in [-0.1, -0.05) is 55.4 Å². The molecule has 0 bridgehead atoms. The van der Waals surface area contributed by atoms with Gasteiger partial charge in [0.25, 0.3) is 0 Å². The summed E-state index contributed by atoms with van der Waals surface area (Å²) < 4.78 is 4.65. The largest absolute Gasteiger partial charge is 0.396 e. The SMILES string of the molecule is CC1=C(/C=C/C(C)=C\C=C\C(C)=C\C(=O)OC(=O)CCCO)C(C)(C)CCC1. The highest BCUT2D eigenvalue weighted by Crippen LogP contribution is 2.40. The Balaban J connectivity index is 2.65. The lowest BCUT2D eigenvalue weighted by atomic mass is 9.72. The predicted octanol–water partition coefficient (Wildman–Crippen LogP) is 5.36. The molecule has 28 heavy (non-hydrogen) atoms. The van der Waals surface area contributed by atoms with Crippen LogP contribution in [0.1, 0.15) is 66.7 Å². The molecule has 0 amide bonds. The molecule has 0 radical (unpaired) electrons. The van der Waals surface area contributed by atoms with Gasteiger partial charge in [0.05, 0.1) is 0 Å². The standard InChI is InChI=1S/C24H34O4/c1-18(13-14-21-20(3)11-7-15-24(21,4)5)9-6-10-19(2)17-23(27)28-22(26)12-8-16-25/h6,9-10,13-14,17,25H,7-8,11-12,15-16H2,1-5H3/b10-6+,14-13+,18-9-,19-17+. The lowest BCUT2D eigenvalue weighted by molar-refractivity contribution is -0.156. The third-order valence-corrected chi connectivity index (χ3v) is 4.87. The van der Waals surface area contributed by atoms with Gasteiger partial charge >= 0.3 is 11.9 Å². The average molecular weight is 387 g/mol. The number of aliphatic hydroxyl groups is 1. The molecule has 0 saturated heterocycles. The number of carbonyl (C=O) groups is 2. The highest BCUT2D eigenvalue weighted by Gasteiger charge is 2.26. The van der Waals surface area contributed by atoms with Crippen LogP contribution in [0.25, 0.3) is 0 Å². The van der Waals surface area contributed by atoms with Crippen molar-refractivity contribution in [3.05, 3.63) is 58.7 Å². The lowest BCUT2D eigenvalue weighted by Gasteiger charge is -2.32. The maximum Gasteiger partial charge on any atom is 0.338 e. The minimum absolute atomic E-state index is 0.0337. The van der Waals surface area contributed by atoms with Gasteiger partial charge in [0.15, 0.2) is 0 Å². The summed E-state index contributed by atoms with van der Waals surface area (Å²) in [6.07, 6.45) is 15.3. The Kier molecular flexibility index (Phi) is 9.88. The van der Waals surface area contributed by atoms with Crippen LogP contribution in [0.15, 0.2) is 58.7 Å². The van der Waals surface area contributed by atoms with Crippen LogP contribution >= 0.6 is 0 Å². The van der Waals surface area contributed by atoms with Crippen molar-refractivity contribution >= 4 is 11.9 Å². The van der Waals surface area contributed by atoms with E-state index < -0.39 is 11.9 Å². The van der Waals surface area contributed by atoms with Gasteiger partial charge in [-0.25, -0.2) is 4.79 Å². The summed E-state index contributed by atoms with van der Waals surface area (Å²) >= 11 is 0. The van der Waals surface area contributed by atoms with E-state index in [2.05, 4.69) is 37.7 Å². The molecule has 0 atom stereocenters. The second-order valence-corrected chi connectivity index (χ2v) is 8.04. The number of aliphatic hydroxyl groups excluding tert-OH is 1. The summed E-state index contributed by atoms with van der Waals surface area (Å²) in [4.78, 5) is 23.0. The number of esters is 2. The van der Waals surface area contributed by atoms with Gasteiger partial charge in [-0.2, -0.15) is 0 Å². The number of hydrogen-bond donors (Lipinski definition) is 1. The lowest BCUT2D eigenvalue weighted by Crippen LogP contribution is -2.19. The number of hydrogen-bond acceptors (Lipinski definition) is 4. The summed E-state index contributed by atoms with van der Waals surface area (Å²) in [5.41, 5.74) is 4.94. The Bertz CT molecular complexity index is 715. The summed E-state index contributed by atoms with van der Waals surface area (Å²) in [7, 11) is 0. The van der Waals surface area contributed by atoms with Gasteiger partial charge in [-0.3, -0.25) is 4.79 Å². The van der Waals surface area contributed by atoms with Gasteiger partial charge in [0.1, 0.15) is 0 Å². The molecule has 0 spiro atoms. The molecule has 1 N–H and O–H groups in total. The molecular formula is C24H34O4. The van der Waals surface area contributed by atoms with Gasteiger partial charge in [0, 0.05) is 19.1 Å². The van der Waals surface area contributed by atoms with Crippen molar-refractivity contribution in [3.8, 4) is 0 Å². The van der Waals surface area contributed by atoms with E-state index in [1.807, 2.05) is 19.1 Å². The molecule has 1 aliphatic carbocycles. The summed E-state index contributed by atoms with van der Waals surface area (Å²) in [6, 6.07) is 0. The molecule has 0 aromatic carbocycles. The Labute approximate surface area is 169 Å². The molecule has 1 rings (SSSR count). The molecule has 4 heteroatoms. The van der Waals surface area contributed by atoms with Crippen molar-refractivity contribution in [2.24, 2.45) is 5.41 Å². The molecule has 0 fully saturated rings. The minimum Gasteiger partial charge on any atom is -0.396 e. The first-order valence-corrected chi connectivity index (χ1v) is 9.93. The zero-order valence-electron chi connectivity index (χ0n) is 17.9. The first-order chi connectivity index (χ1) is 13.2. The molecule has 0 aliphatic heterocycles. The fourth-order valence-corrected chi connectivity index (χ4v) is 3.28. The second-order valence-electron chi connectivity index (χ2n) is 8.04. The first kappa shape index (κ1) is 23.8. The average Bonchev–Trinajstić information content (AvgIpc) is 2.58. The van der Waals surface area contributed by atoms with Crippen molar-refractivity contribution in [2.75, 3.05) is 6.61 Å². The van der Waals surface area contributed by atoms with Gasteiger partial charge in [0.2, 0.25) is 0 Å². The van der Waals surface area contributed by atoms with E-state index in [1.165, 1.54) is 36.5 Å². The van der Waals surface area contributed by atoms with Crippen LogP contribution < -0.4 is 0 Å². The van der Waals surface area contributed by atoms with Gasteiger partial charge in [-0.05, 0) is 63.0 Å². The van der Waals surface area contributed by atoms with Crippen molar-refractivity contribution in [2.45, 2.75) is 66.7 Å². The predicted molar refractivity (Wildman–Crippen MR) is 114 cm³/mol. The van der Waals surface area contributed by atoms with Crippen LogP contribution in [0.4, 0.5) is 0 Å². The van der Waals surface area contributed by atoms with Crippen molar-refractivity contribution < 1.29 is 19.4 Å². The number of ether oxygens (including phenoxy) is 1. The topological polar surface area (TPSA) is 63.6 Å². The number of rotatable bonds is 8. The molecule has 0 saturated carbocycles. The van der Waals surface area contributed by atoms with E-state index >= 15 is 0 Å². The molecule has 154 valence electrons. The van der Waals surface area contributed by atoms with E-state index in [4.69, 9.17) is 5.11 Å². The molecule has 0 unspecified atom stereocenters. The highest BCUT2D eigenvalue weighted by atomic mass is 16.6. The normalized spacial score (nSPS) is 18.2. The summed E-state index contributed by atoms with van der Waals surface area (Å²) in [5.74, 6) is -1.31.